The summed E-state index contributed by atoms with van der Waals surface area (Å²) in [6, 6.07) is 9.80. The first-order valence-corrected chi connectivity index (χ1v) is 9.95. The monoisotopic (exact) mass is 392 g/mol. The molecule has 1 aliphatic rings. The molecule has 1 aliphatic heterocycles. The normalized spacial score (nSPS) is 14.0. The maximum absolute atomic E-state index is 12.8. The molecule has 1 saturated heterocycles. The lowest BCUT2D eigenvalue weighted by atomic mass is 10.1. The zero-order valence-electron chi connectivity index (χ0n) is 16.7. The Morgan fingerprint density at radius 1 is 1.24 bits per heavy atom. The van der Waals surface area contributed by atoms with Crippen LogP contribution in [-0.4, -0.2) is 33.4 Å². The number of hydrogen-bond acceptors (Lipinski definition) is 5. The summed E-state index contributed by atoms with van der Waals surface area (Å²) in [7, 11) is 0. The van der Waals surface area contributed by atoms with Gasteiger partial charge in [-0.1, -0.05) is 36.3 Å². The van der Waals surface area contributed by atoms with E-state index < -0.39 is 0 Å². The third-order valence-corrected chi connectivity index (χ3v) is 5.30. The summed E-state index contributed by atoms with van der Waals surface area (Å²) in [6.45, 7) is 5.68. The van der Waals surface area contributed by atoms with E-state index in [4.69, 9.17) is 4.52 Å². The number of aromatic nitrogens is 2. The molecule has 2 amide bonds. The fourth-order valence-corrected chi connectivity index (χ4v) is 3.64. The lowest BCUT2D eigenvalue weighted by molar-refractivity contribution is -0.128. The van der Waals surface area contributed by atoms with Gasteiger partial charge in [-0.15, -0.1) is 0 Å². The van der Waals surface area contributed by atoms with Gasteiger partial charge in [-0.25, -0.2) is 4.98 Å². The van der Waals surface area contributed by atoms with Crippen LogP contribution in [0.25, 0.3) is 11.1 Å². The van der Waals surface area contributed by atoms with Gasteiger partial charge in [0.25, 0.3) is 11.6 Å². The van der Waals surface area contributed by atoms with Crippen LogP contribution < -0.4 is 5.32 Å². The number of carbonyl (C=O) groups excluding carboxylic acids is 2. The number of likely N-dealkylation sites (tertiary alicyclic amines) is 1. The molecule has 7 nitrogen and oxygen atoms in total. The minimum absolute atomic E-state index is 0.176. The van der Waals surface area contributed by atoms with Gasteiger partial charge in [0.2, 0.25) is 5.91 Å². The van der Waals surface area contributed by atoms with E-state index in [1.165, 1.54) is 0 Å². The second-order valence-corrected chi connectivity index (χ2v) is 7.38. The SMILES string of the molecule is CCc1cc(C(=O)NCc2ccc(CN3CCCC3=O)cc2)c2c(C)noc2n1. The highest BCUT2D eigenvalue weighted by Gasteiger charge is 2.20. The smallest absolute Gasteiger partial charge is 0.258 e. The molecule has 0 unspecified atom stereocenters. The second kappa shape index (κ2) is 8.03. The Hall–Kier alpha value is -3.22. The number of pyridine rings is 1. The van der Waals surface area contributed by atoms with Crippen molar-refractivity contribution in [2.45, 2.75) is 46.2 Å². The molecule has 4 rings (SSSR count). The Balaban J connectivity index is 1.44. The highest BCUT2D eigenvalue weighted by Crippen LogP contribution is 2.22. The summed E-state index contributed by atoms with van der Waals surface area (Å²) in [4.78, 5) is 30.9. The molecule has 0 atom stereocenters. The first-order valence-electron chi connectivity index (χ1n) is 9.95. The van der Waals surface area contributed by atoms with E-state index in [2.05, 4.69) is 15.5 Å². The highest BCUT2D eigenvalue weighted by atomic mass is 16.5. The fourth-order valence-electron chi connectivity index (χ4n) is 3.64. The Bertz CT molecular complexity index is 1060. The van der Waals surface area contributed by atoms with Gasteiger partial charge in [-0.3, -0.25) is 9.59 Å². The molecule has 1 fully saturated rings. The average Bonchev–Trinajstić information content (AvgIpc) is 3.32. The number of aryl methyl sites for hydroxylation is 2. The molecular weight excluding hydrogens is 368 g/mol. The number of nitrogens with one attached hydrogen (secondary N) is 1. The van der Waals surface area contributed by atoms with E-state index >= 15 is 0 Å². The molecular formula is C22H24N4O3. The van der Waals surface area contributed by atoms with Crippen LogP contribution in [0.1, 0.15) is 52.6 Å². The van der Waals surface area contributed by atoms with Crippen molar-refractivity contribution < 1.29 is 14.1 Å². The number of fused-ring (bicyclic) bond motifs is 1. The number of rotatable bonds is 6. The lowest BCUT2D eigenvalue weighted by Gasteiger charge is -2.15. The van der Waals surface area contributed by atoms with Crippen molar-refractivity contribution in [2.24, 2.45) is 0 Å². The molecule has 29 heavy (non-hydrogen) atoms. The van der Waals surface area contributed by atoms with E-state index in [0.717, 1.165) is 29.8 Å². The molecule has 2 aromatic heterocycles. The third kappa shape index (κ3) is 3.99. The van der Waals surface area contributed by atoms with E-state index in [1.54, 1.807) is 13.0 Å². The summed E-state index contributed by atoms with van der Waals surface area (Å²) in [5.74, 6) is 0.0469. The van der Waals surface area contributed by atoms with E-state index in [0.29, 0.717) is 48.3 Å². The predicted molar refractivity (Wildman–Crippen MR) is 108 cm³/mol. The Morgan fingerprint density at radius 3 is 2.69 bits per heavy atom. The van der Waals surface area contributed by atoms with Gasteiger partial charge in [0.1, 0.15) is 0 Å². The van der Waals surface area contributed by atoms with Crippen LogP contribution in [0, 0.1) is 6.92 Å². The maximum Gasteiger partial charge on any atom is 0.258 e. The van der Waals surface area contributed by atoms with Crippen molar-refractivity contribution >= 4 is 22.9 Å². The summed E-state index contributed by atoms with van der Waals surface area (Å²) in [6.07, 6.45) is 2.30. The molecule has 3 heterocycles. The topological polar surface area (TPSA) is 88.3 Å². The van der Waals surface area contributed by atoms with Crippen LogP contribution in [0.15, 0.2) is 34.9 Å². The van der Waals surface area contributed by atoms with Gasteiger partial charge in [0.15, 0.2) is 0 Å². The van der Waals surface area contributed by atoms with Crippen LogP contribution in [0.3, 0.4) is 0 Å². The van der Waals surface area contributed by atoms with Crippen molar-refractivity contribution in [3.05, 3.63) is 58.4 Å². The largest absolute Gasteiger partial charge is 0.348 e. The van der Waals surface area contributed by atoms with Crippen molar-refractivity contribution in [3.8, 4) is 0 Å². The number of amides is 2. The summed E-state index contributed by atoms with van der Waals surface area (Å²) in [5.41, 5.74) is 4.47. The van der Waals surface area contributed by atoms with Gasteiger partial charge in [0.05, 0.1) is 16.6 Å². The highest BCUT2D eigenvalue weighted by molar-refractivity contribution is 6.06. The Kier molecular flexibility index (Phi) is 5.29. The number of carbonyl (C=O) groups is 2. The van der Waals surface area contributed by atoms with Gasteiger partial charge < -0.3 is 14.7 Å². The zero-order valence-corrected chi connectivity index (χ0v) is 16.7. The third-order valence-electron chi connectivity index (χ3n) is 5.30. The van der Waals surface area contributed by atoms with Gasteiger partial charge in [-0.05, 0) is 37.0 Å². The minimum Gasteiger partial charge on any atom is -0.348 e. The Labute approximate surface area is 169 Å². The van der Waals surface area contributed by atoms with Crippen molar-refractivity contribution in [2.75, 3.05) is 6.54 Å². The molecule has 0 saturated carbocycles. The average molecular weight is 392 g/mol. The van der Waals surface area contributed by atoms with Crippen molar-refractivity contribution in [1.82, 2.24) is 20.4 Å². The van der Waals surface area contributed by atoms with Gasteiger partial charge in [-0.2, -0.15) is 0 Å². The van der Waals surface area contributed by atoms with Crippen molar-refractivity contribution in [1.29, 1.82) is 0 Å². The predicted octanol–water partition coefficient (Wildman–Crippen LogP) is 3.15. The minimum atomic E-state index is -0.176. The van der Waals surface area contributed by atoms with Gasteiger partial charge in [0, 0.05) is 31.7 Å². The molecule has 0 spiro atoms. The van der Waals surface area contributed by atoms with Crippen LogP contribution in [0.4, 0.5) is 0 Å². The molecule has 7 heteroatoms. The number of hydrogen-bond donors (Lipinski definition) is 1. The molecule has 1 N–H and O–H groups in total. The first kappa shape index (κ1) is 19.1. The lowest BCUT2D eigenvalue weighted by Crippen LogP contribution is -2.24. The summed E-state index contributed by atoms with van der Waals surface area (Å²) in [5, 5.41) is 7.58. The van der Waals surface area contributed by atoms with Crippen LogP contribution >= 0.6 is 0 Å². The maximum atomic E-state index is 12.8. The molecule has 3 aromatic rings. The molecule has 0 radical (unpaired) electrons. The van der Waals surface area contributed by atoms with Crippen LogP contribution in [0.2, 0.25) is 0 Å². The van der Waals surface area contributed by atoms with Crippen LogP contribution in [-0.2, 0) is 24.3 Å². The molecule has 0 aliphatic carbocycles. The Morgan fingerprint density at radius 2 is 2.00 bits per heavy atom. The molecule has 1 aromatic carbocycles. The van der Waals surface area contributed by atoms with Gasteiger partial charge >= 0.3 is 0 Å². The van der Waals surface area contributed by atoms with E-state index in [9.17, 15) is 9.59 Å². The summed E-state index contributed by atoms with van der Waals surface area (Å²) >= 11 is 0. The molecule has 150 valence electrons. The number of benzene rings is 1. The first-order chi connectivity index (χ1) is 14.0. The summed E-state index contributed by atoms with van der Waals surface area (Å²) < 4.78 is 5.25. The zero-order chi connectivity index (χ0) is 20.4. The fraction of sp³-hybridized carbons (Fsp3) is 0.364. The quantitative estimate of drug-likeness (QED) is 0.696. The number of nitrogens with zero attached hydrogens (tertiary/aromatic N) is 3. The molecule has 0 bridgehead atoms. The van der Waals surface area contributed by atoms with Crippen LogP contribution in [0.5, 0.6) is 0 Å². The van der Waals surface area contributed by atoms with E-state index in [1.807, 2.05) is 36.1 Å². The standard InChI is InChI=1S/C22H24N4O3/c1-3-17-11-18(20-14(2)25-29-22(20)24-17)21(28)23-12-15-6-8-16(9-7-15)13-26-10-4-5-19(26)27/h6-9,11H,3-5,10,12-13H2,1-2H3,(H,23,28). The second-order valence-electron chi connectivity index (χ2n) is 7.38. The van der Waals surface area contributed by atoms with E-state index in [-0.39, 0.29) is 11.8 Å². The van der Waals surface area contributed by atoms with Crippen molar-refractivity contribution in [3.63, 3.8) is 0 Å².